The fraction of sp³-hybridized carbons (Fsp3) is 0.154. The van der Waals surface area contributed by atoms with Crippen LogP contribution in [-0.2, 0) is 9.53 Å². The van der Waals surface area contributed by atoms with Crippen LogP contribution in [0.5, 0.6) is 5.75 Å². The van der Waals surface area contributed by atoms with Crippen LogP contribution in [0, 0.1) is 0 Å². The van der Waals surface area contributed by atoms with Crippen molar-refractivity contribution in [3.63, 3.8) is 0 Å². The second kappa shape index (κ2) is 4.43. The van der Waals surface area contributed by atoms with Gasteiger partial charge < -0.3 is 15.6 Å². The molecular formula is C13H13NO3. The Kier molecular flexibility index (Phi) is 2.97. The van der Waals surface area contributed by atoms with E-state index >= 15 is 0 Å². The number of carbonyl (C=O) groups is 1. The lowest BCUT2D eigenvalue weighted by Crippen LogP contribution is -2.22. The van der Waals surface area contributed by atoms with Crippen molar-refractivity contribution < 1.29 is 14.6 Å². The summed E-state index contributed by atoms with van der Waals surface area (Å²) >= 11 is 0. The lowest BCUT2D eigenvalue weighted by atomic mass is 9.98. The first-order chi connectivity index (χ1) is 8.15. The number of nitrogens with two attached hydrogens (primary N) is 1. The average Bonchev–Trinajstić information content (AvgIpc) is 2.37. The number of methoxy groups -OCH3 is 1. The molecule has 0 saturated heterocycles. The molecule has 0 aliphatic carbocycles. The smallest absolute Gasteiger partial charge is 0.327 e. The molecule has 0 amide bonds. The van der Waals surface area contributed by atoms with Gasteiger partial charge in [0.05, 0.1) is 7.11 Å². The van der Waals surface area contributed by atoms with Crippen LogP contribution in [0.15, 0.2) is 36.4 Å². The van der Waals surface area contributed by atoms with Crippen molar-refractivity contribution in [3.8, 4) is 5.75 Å². The quantitative estimate of drug-likeness (QED) is 0.772. The van der Waals surface area contributed by atoms with Gasteiger partial charge in [-0.25, -0.2) is 0 Å². The SMILES string of the molecule is COC(=O)[C@H](N)c1c(O)ccc2ccccc12. The predicted molar refractivity (Wildman–Crippen MR) is 64.6 cm³/mol. The van der Waals surface area contributed by atoms with Crippen LogP contribution in [0.25, 0.3) is 10.8 Å². The minimum absolute atomic E-state index is 0.00148. The monoisotopic (exact) mass is 231 g/mol. The van der Waals surface area contributed by atoms with Gasteiger partial charge in [0.1, 0.15) is 11.8 Å². The highest BCUT2D eigenvalue weighted by Gasteiger charge is 2.21. The number of ether oxygens (including phenoxy) is 1. The van der Waals surface area contributed by atoms with Gasteiger partial charge in [-0.05, 0) is 16.8 Å². The Balaban J connectivity index is 2.66. The van der Waals surface area contributed by atoms with Crippen LogP contribution in [0.3, 0.4) is 0 Å². The molecule has 2 aromatic carbocycles. The second-order valence-corrected chi connectivity index (χ2v) is 3.72. The van der Waals surface area contributed by atoms with Gasteiger partial charge in [0.2, 0.25) is 0 Å². The first-order valence-corrected chi connectivity index (χ1v) is 5.19. The molecule has 0 aliphatic rings. The van der Waals surface area contributed by atoms with Crippen LogP contribution in [-0.4, -0.2) is 18.2 Å². The van der Waals surface area contributed by atoms with Gasteiger partial charge in [-0.3, -0.25) is 4.79 Å². The zero-order valence-electron chi connectivity index (χ0n) is 9.38. The maximum Gasteiger partial charge on any atom is 0.327 e. The van der Waals surface area contributed by atoms with E-state index in [1.165, 1.54) is 13.2 Å². The van der Waals surface area contributed by atoms with Gasteiger partial charge in [0.15, 0.2) is 0 Å². The van der Waals surface area contributed by atoms with E-state index in [1.807, 2.05) is 24.3 Å². The molecule has 0 aliphatic heterocycles. The van der Waals surface area contributed by atoms with Crippen molar-refractivity contribution in [2.45, 2.75) is 6.04 Å². The number of hydrogen-bond acceptors (Lipinski definition) is 4. The molecule has 0 spiro atoms. The van der Waals surface area contributed by atoms with Crippen molar-refractivity contribution in [3.05, 3.63) is 42.0 Å². The zero-order chi connectivity index (χ0) is 12.4. The van der Waals surface area contributed by atoms with E-state index in [0.29, 0.717) is 5.56 Å². The van der Waals surface area contributed by atoms with Gasteiger partial charge in [-0.2, -0.15) is 0 Å². The molecule has 3 N–H and O–H groups in total. The number of carbonyl (C=O) groups excluding carboxylic acids is 1. The molecule has 0 unspecified atom stereocenters. The van der Waals surface area contributed by atoms with E-state index in [9.17, 15) is 9.90 Å². The molecule has 88 valence electrons. The molecule has 4 heteroatoms. The van der Waals surface area contributed by atoms with Crippen molar-refractivity contribution in [2.75, 3.05) is 7.11 Å². The predicted octanol–water partition coefficient (Wildman–Crippen LogP) is 1.72. The summed E-state index contributed by atoms with van der Waals surface area (Å²) in [6.07, 6.45) is 0. The third-order valence-corrected chi connectivity index (χ3v) is 2.71. The third-order valence-electron chi connectivity index (χ3n) is 2.71. The van der Waals surface area contributed by atoms with Crippen LogP contribution in [0.2, 0.25) is 0 Å². The van der Waals surface area contributed by atoms with Crippen molar-refractivity contribution >= 4 is 16.7 Å². The molecular weight excluding hydrogens is 218 g/mol. The highest BCUT2D eigenvalue weighted by molar-refractivity contribution is 5.92. The molecule has 17 heavy (non-hydrogen) atoms. The van der Waals surface area contributed by atoms with E-state index < -0.39 is 12.0 Å². The van der Waals surface area contributed by atoms with Crippen molar-refractivity contribution in [1.29, 1.82) is 0 Å². The number of phenols is 1. The van der Waals surface area contributed by atoms with Crippen LogP contribution < -0.4 is 5.73 Å². The first kappa shape index (κ1) is 11.4. The topological polar surface area (TPSA) is 72.5 Å². The fourth-order valence-corrected chi connectivity index (χ4v) is 1.86. The van der Waals surface area contributed by atoms with Gasteiger partial charge in [-0.1, -0.05) is 30.3 Å². The van der Waals surface area contributed by atoms with Gasteiger partial charge >= 0.3 is 5.97 Å². The van der Waals surface area contributed by atoms with Crippen molar-refractivity contribution in [2.24, 2.45) is 5.73 Å². The highest BCUT2D eigenvalue weighted by atomic mass is 16.5. The fourth-order valence-electron chi connectivity index (χ4n) is 1.86. The number of rotatable bonds is 2. The van der Waals surface area contributed by atoms with E-state index in [0.717, 1.165) is 10.8 Å². The number of hydrogen-bond donors (Lipinski definition) is 2. The molecule has 0 radical (unpaired) electrons. The number of benzene rings is 2. The molecule has 0 bridgehead atoms. The van der Waals surface area contributed by atoms with Crippen LogP contribution in [0.1, 0.15) is 11.6 Å². The number of esters is 1. The van der Waals surface area contributed by atoms with E-state index in [2.05, 4.69) is 4.74 Å². The Hall–Kier alpha value is -2.07. The molecule has 2 aromatic rings. The number of aromatic hydroxyl groups is 1. The zero-order valence-corrected chi connectivity index (χ0v) is 9.38. The molecule has 0 aromatic heterocycles. The van der Waals surface area contributed by atoms with Gasteiger partial charge in [0.25, 0.3) is 0 Å². The summed E-state index contributed by atoms with van der Waals surface area (Å²) in [6, 6.07) is 9.74. The summed E-state index contributed by atoms with van der Waals surface area (Å²) in [5.74, 6) is -0.571. The summed E-state index contributed by atoms with van der Waals surface area (Å²) in [5.41, 5.74) is 6.18. The second-order valence-electron chi connectivity index (χ2n) is 3.72. The summed E-state index contributed by atoms with van der Waals surface area (Å²) in [5, 5.41) is 11.5. The third kappa shape index (κ3) is 1.94. The molecule has 4 nitrogen and oxygen atoms in total. The molecule has 2 rings (SSSR count). The summed E-state index contributed by atoms with van der Waals surface area (Å²) in [4.78, 5) is 11.4. The van der Waals surface area contributed by atoms with E-state index in [1.54, 1.807) is 6.07 Å². The minimum Gasteiger partial charge on any atom is -0.508 e. The maximum absolute atomic E-state index is 11.4. The first-order valence-electron chi connectivity index (χ1n) is 5.19. The van der Waals surface area contributed by atoms with Gasteiger partial charge in [-0.15, -0.1) is 0 Å². The van der Waals surface area contributed by atoms with Crippen molar-refractivity contribution in [1.82, 2.24) is 0 Å². The largest absolute Gasteiger partial charge is 0.508 e. The minimum atomic E-state index is -0.980. The summed E-state index contributed by atoms with van der Waals surface area (Å²) in [6.45, 7) is 0. The molecule has 0 saturated carbocycles. The average molecular weight is 231 g/mol. The van der Waals surface area contributed by atoms with E-state index in [4.69, 9.17) is 5.73 Å². The lowest BCUT2D eigenvalue weighted by molar-refractivity contribution is -0.142. The molecule has 1 atom stereocenters. The van der Waals surface area contributed by atoms with Crippen LogP contribution in [0.4, 0.5) is 0 Å². The Morgan fingerprint density at radius 3 is 2.71 bits per heavy atom. The normalized spacial score (nSPS) is 12.4. The summed E-state index contributed by atoms with van der Waals surface area (Å²) < 4.78 is 4.60. The van der Waals surface area contributed by atoms with Gasteiger partial charge in [0, 0.05) is 5.56 Å². The molecule has 0 fully saturated rings. The van der Waals surface area contributed by atoms with E-state index in [-0.39, 0.29) is 5.75 Å². The Bertz CT molecular complexity index is 566. The Morgan fingerprint density at radius 2 is 2.00 bits per heavy atom. The lowest BCUT2D eigenvalue weighted by Gasteiger charge is -2.14. The highest BCUT2D eigenvalue weighted by Crippen LogP contribution is 2.31. The number of fused-ring (bicyclic) bond motifs is 1. The van der Waals surface area contributed by atoms with Crippen LogP contribution >= 0.6 is 0 Å². The standard InChI is InChI=1S/C13H13NO3/c1-17-13(16)12(14)11-9-5-3-2-4-8(9)6-7-10(11)15/h2-7,12,15H,14H2,1H3/t12-/m1/s1. The maximum atomic E-state index is 11.4. The Labute approximate surface area is 98.6 Å². The Morgan fingerprint density at radius 1 is 1.29 bits per heavy atom. The molecule has 0 heterocycles. The number of phenolic OH excluding ortho intramolecular Hbond substituents is 1. The summed E-state index contributed by atoms with van der Waals surface area (Å²) in [7, 11) is 1.27.